The first-order chi connectivity index (χ1) is 10.0. The zero-order valence-corrected chi connectivity index (χ0v) is 15.0. The number of methoxy groups -OCH3 is 2. The molecule has 0 N–H and O–H groups in total. The Morgan fingerprint density at radius 3 is 1.43 bits per heavy atom. The minimum atomic E-state index is 0.180. The van der Waals surface area contributed by atoms with E-state index in [2.05, 4.69) is 6.92 Å². The van der Waals surface area contributed by atoms with Crippen molar-refractivity contribution in [1.29, 1.82) is 0 Å². The molecule has 0 aliphatic carbocycles. The average Bonchev–Trinajstić information content (AvgIpc) is 2.50. The summed E-state index contributed by atoms with van der Waals surface area (Å²) in [6.07, 6.45) is 0.411. The molecule has 0 aromatic rings. The molecular formula is C16H36O5. The summed E-state index contributed by atoms with van der Waals surface area (Å²) in [6, 6.07) is 0. The van der Waals surface area contributed by atoms with Gasteiger partial charge < -0.3 is 23.7 Å². The topological polar surface area (TPSA) is 46.2 Å². The van der Waals surface area contributed by atoms with Crippen molar-refractivity contribution in [2.75, 3.05) is 53.9 Å². The fourth-order valence-electron chi connectivity index (χ4n) is 1.22. The summed E-state index contributed by atoms with van der Waals surface area (Å²) in [5, 5.41) is 0. The molecule has 0 aliphatic heterocycles. The summed E-state index contributed by atoms with van der Waals surface area (Å²) in [7, 11) is 3.38. The maximum Gasteiger partial charge on any atom is 0.0776 e. The molecule has 0 bridgehead atoms. The fourth-order valence-corrected chi connectivity index (χ4v) is 1.22. The van der Waals surface area contributed by atoms with E-state index in [4.69, 9.17) is 23.7 Å². The zero-order chi connectivity index (χ0) is 16.5. The van der Waals surface area contributed by atoms with Gasteiger partial charge in [-0.3, -0.25) is 0 Å². The fraction of sp³-hybridized carbons (Fsp3) is 1.00. The summed E-state index contributed by atoms with van der Waals surface area (Å²) in [6.45, 7) is 14.5. The van der Waals surface area contributed by atoms with E-state index in [9.17, 15) is 0 Å². The van der Waals surface area contributed by atoms with Gasteiger partial charge in [-0.05, 0) is 27.7 Å². The van der Waals surface area contributed by atoms with E-state index in [-0.39, 0.29) is 12.2 Å². The second-order valence-electron chi connectivity index (χ2n) is 5.05. The van der Waals surface area contributed by atoms with Crippen molar-refractivity contribution < 1.29 is 23.7 Å². The lowest BCUT2D eigenvalue weighted by molar-refractivity contribution is -0.00525. The van der Waals surface area contributed by atoms with Crippen LogP contribution in [0.3, 0.4) is 0 Å². The Balaban J connectivity index is 0. The SMILES string of the molecule is CCOCC(C)COCC(C)OC.CCOCC(C)OC. The van der Waals surface area contributed by atoms with Gasteiger partial charge in [-0.2, -0.15) is 0 Å². The minimum absolute atomic E-state index is 0.180. The van der Waals surface area contributed by atoms with Gasteiger partial charge in [0.05, 0.1) is 38.6 Å². The third-order valence-electron chi connectivity index (χ3n) is 2.72. The number of ether oxygens (including phenoxy) is 5. The molecule has 0 heterocycles. The predicted molar refractivity (Wildman–Crippen MR) is 85.9 cm³/mol. The van der Waals surface area contributed by atoms with E-state index in [0.29, 0.717) is 19.1 Å². The normalized spacial score (nSPS) is 15.0. The van der Waals surface area contributed by atoms with Crippen LogP contribution in [0.25, 0.3) is 0 Å². The first-order valence-corrected chi connectivity index (χ1v) is 7.80. The molecule has 0 aromatic heterocycles. The number of rotatable bonds is 12. The van der Waals surface area contributed by atoms with Gasteiger partial charge in [0.2, 0.25) is 0 Å². The maximum absolute atomic E-state index is 5.44. The van der Waals surface area contributed by atoms with Crippen molar-refractivity contribution >= 4 is 0 Å². The molecule has 0 saturated carbocycles. The Morgan fingerprint density at radius 1 is 0.619 bits per heavy atom. The van der Waals surface area contributed by atoms with E-state index < -0.39 is 0 Å². The number of hydrogen-bond donors (Lipinski definition) is 0. The predicted octanol–water partition coefficient (Wildman–Crippen LogP) is 2.77. The molecule has 0 amide bonds. The van der Waals surface area contributed by atoms with E-state index in [1.807, 2.05) is 27.7 Å². The Hall–Kier alpha value is -0.200. The summed E-state index contributed by atoms with van der Waals surface area (Å²) < 4.78 is 25.8. The van der Waals surface area contributed by atoms with E-state index in [1.54, 1.807) is 14.2 Å². The highest BCUT2D eigenvalue weighted by Crippen LogP contribution is 1.98. The van der Waals surface area contributed by atoms with Crippen LogP contribution in [0.4, 0.5) is 0 Å². The molecule has 0 aromatic carbocycles. The van der Waals surface area contributed by atoms with Gasteiger partial charge in [0.15, 0.2) is 0 Å². The van der Waals surface area contributed by atoms with Crippen LogP contribution in [-0.2, 0) is 23.7 Å². The van der Waals surface area contributed by atoms with E-state index in [1.165, 1.54) is 0 Å². The smallest absolute Gasteiger partial charge is 0.0776 e. The van der Waals surface area contributed by atoms with Crippen molar-refractivity contribution in [2.45, 2.75) is 46.8 Å². The third kappa shape index (κ3) is 19.8. The first-order valence-electron chi connectivity index (χ1n) is 7.80. The zero-order valence-electron chi connectivity index (χ0n) is 15.0. The van der Waals surface area contributed by atoms with E-state index in [0.717, 1.165) is 26.4 Å². The summed E-state index contributed by atoms with van der Waals surface area (Å²) in [5.74, 6) is 0.462. The maximum atomic E-state index is 5.44. The van der Waals surface area contributed by atoms with Gasteiger partial charge in [0.25, 0.3) is 0 Å². The van der Waals surface area contributed by atoms with Gasteiger partial charge in [-0.1, -0.05) is 6.92 Å². The molecule has 0 saturated heterocycles. The van der Waals surface area contributed by atoms with Gasteiger partial charge >= 0.3 is 0 Å². The Bertz CT molecular complexity index is 190. The highest BCUT2D eigenvalue weighted by atomic mass is 16.5. The molecule has 0 fully saturated rings. The minimum Gasteiger partial charge on any atom is -0.381 e. The average molecular weight is 308 g/mol. The Labute approximate surface area is 131 Å². The van der Waals surface area contributed by atoms with E-state index >= 15 is 0 Å². The van der Waals surface area contributed by atoms with Gasteiger partial charge in [-0.15, -0.1) is 0 Å². The van der Waals surface area contributed by atoms with Gasteiger partial charge in [-0.25, -0.2) is 0 Å². The molecule has 0 spiro atoms. The molecular weight excluding hydrogens is 272 g/mol. The second-order valence-corrected chi connectivity index (χ2v) is 5.05. The molecule has 3 atom stereocenters. The van der Waals surface area contributed by atoms with Crippen LogP contribution in [0, 0.1) is 5.92 Å². The summed E-state index contributed by atoms with van der Waals surface area (Å²) >= 11 is 0. The molecule has 0 radical (unpaired) electrons. The lowest BCUT2D eigenvalue weighted by Crippen LogP contribution is -2.19. The highest BCUT2D eigenvalue weighted by molar-refractivity contribution is 4.50. The second kappa shape index (κ2) is 17.9. The lowest BCUT2D eigenvalue weighted by Gasteiger charge is -2.14. The third-order valence-corrected chi connectivity index (χ3v) is 2.72. The molecule has 5 heteroatoms. The first kappa shape index (κ1) is 23.1. The summed E-state index contributed by atoms with van der Waals surface area (Å²) in [5.41, 5.74) is 0. The summed E-state index contributed by atoms with van der Waals surface area (Å²) in [4.78, 5) is 0. The molecule has 3 unspecified atom stereocenters. The molecule has 0 aliphatic rings. The van der Waals surface area contributed by atoms with Crippen molar-refractivity contribution in [2.24, 2.45) is 5.92 Å². The van der Waals surface area contributed by atoms with Crippen molar-refractivity contribution in [3.63, 3.8) is 0 Å². The molecule has 130 valence electrons. The Morgan fingerprint density at radius 2 is 1.00 bits per heavy atom. The Kier molecular flexibility index (Phi) is 19.6. The van der Waals surface area contributed by atoms with Crippen LogP contribution >= 0.6 is 0 Å². The van der Waals surface area contributed by atoms with Crippen LogP contribution < -0.4 is 0 Å². The molecule has 0 rings (SSSR count). The van der Waals surface area contributed by atoms with Crippen LogP contribution in [0.1, 0.15) is 34.6 Å². The van der Waals surface area contributed by atoms with Gasteiger partial charge in [0.1, 0.15) is 0 Å². The van der Waals surface area contributed by atoms with Crippen LogP contribution in [0.15, 0.2) is 0 Å². The number of hydrogen-bond acceptors (Lipinski definition) is 5. The van der Waals surface area contributed by atoms with Gasteiger partial charge in [0, 0.05) is 33.4 Å². The largest absolute Gasteiger partial charge is 0.381 e. The van der Waals surface area contributed by atoms with Crippen LogP contribution in [0.2, 0.25) is 0 Å². The quantitative estimate of drug-likeness (QED) is 0.555. The molecule has 5 nitrogen and oxygen atoms in total. The molecule has 21 heavy (non-hydrogen) atoms. The van der Waals surface area contributed by atoms with Crippen molar-refractivity contribution in [1.82, 2.24) is 0 Å². The monoisotopic (exact) mass is 308 g/mol. The van der Waals surface area contributed by atoms with Crippen molar-refractivity contribution in [3.05, 3.63) is 0 Å². The van der Waals surface area contributed by atoms with Crippen molar-refractivity contribution in [3.8, 4) is 0 Å². The highest BCUT2D eigenvalue weighted by Gasteiger charge is 2.04. The van der Waals surface area contributed by atoms with Crippen LogP contribution in [0.5, 0.6) is 0 Å². The standard InChI is InChI=1S/C10H22O3.C6H14O2/c1-5-12-6-9(2)7-13-8-10(3)11-4;1-4-8-5-6(2)7-3/h9-10H,5-8H2,1-4H3;6H,4-5H2,1-3H3. The van der Waals surface area contributed by atoms with Crippen LogP contribution in [-0.4, -0.2) is 66.1 Å². The lowest BCUT2D eigenvalue weighted by atomic mass is 10.2.